The zero-order valence-electron chi connectivity index (χ0n) is 15.7. The lowest BCUT2D eigenvalue weighted by Crippen LogP contribution is -2.46. The van der Waals surface area contributed by atoms with E-state index >= 15 is 0 Å². The Bertz CT molecular complexity index is 917. The second kappa shape index (κ2) is 8.61. The largest absolute Gasteiger partial charge is 0.486 e. The highest BCUT2D eigenvalue weighted by Crippen LogP contribution is 2.38. The first-order valence-corrected chi connectivity index (χ1v) is 9.88. The van der Waals surface area contributed by atoms with Gasteiger partial charge in [0, 0.05) is 25.2 Å². The number of ether oxygens (including phenoxy) is 2. The van der Waals surface area contributed by atoms with E-state index in [1.54, 1.807) is 35.2 Å². The Hall–Kier alpha value is -2.93. The van der Waals surface area contributed by atoms with Gasteiger partial charge in [0.15, 0.2) is 17.3 Å². The second-order valence-corrected chi connectivity index (χ2v) is 7.32. The molecule has 1 aromatic heterocycles. The molecule has 4 rings (SSSR count). The van der Waals surface area contributed by atoms with Crippen molar-refractivity contribution in [3.63, 3.8) is 0 Å². The van der Waals surface area contributed by atoms with Crippen molar-refractivity contribution in [2.24, 2.45) is 0 Å². The molecule has 2 amide bonds. The van der Waals surface area contributed by atoms with Gasteiger partial charge in [0.25, 0.3) is 5.91 Å². The molecule has 0 unspecified atom stereocenters. The fourth-order valence-electron chi connectivity index (χ4n) is 3.43. The topological polar surface area (TPSA) is 81.0 Å². The van der Waals surface area contributed by atoms with Crippen LogP contribution in [0.15, 0.2) is 41.0 Å². The van der Waals surface area contributed by atoms with Crippen molar-refractivity contribution in [1.29, 1.82) is 0 Å². The zero-order chi connectivity index (χ0) is 20.2. The molecule has 0 radical (unpaired) electrons. The molecular formula is C21H21ClN2O5. The lowest BCUT2D eigenvalue weighted by atomic mass is 10.0. The van der Waals surface area contributed by atoms with Crippen LogP contribution in [0.3, 0.4) is 0 Å². The molecule has 3 heterocycles. The summed E-state index contributed by atoms with van der Waals surface area (Å²) in [4.78, 5) is 26.3. The predicted octanol–water partition coefficient (Wildman–Crippen LogP) is 3.14. The summed E-state index contributed by atoms with van der Waals surface area (Å²) in [6, 6.07) is 6.91. The summed E-state index contributed by atoms with van der Waals surface area (Å²) in [7, 11) is 0. The first-order chi connectivity index (χ1) is 14.1. The average Bonchev–Trinajstić information content (AvgIpc) is 3.27. The number of likely N-dealkylation sites (tertiary alicyclic amines) is 1. The van der Waals surface area contributed by atoms with Crippen LogP contribution in [0.4, 0.5) is 0 Å². The molecular weight excluding hydrogens is 396 g/mol. The van der Waals surface area contributed by atoms with Gasteiger partial charge >= 0.3 is 0 Å². The molecule has 152 valence electrons. The van der Waals surface area contributed by atoms with Crippen molar-refractivity contribution in [2.45, 2.75) is 18.9 Å². The molecule has 7 nitrogen and oxygen atoms in total. The number of nitrogens with zero attached hydrogens (tertiary/aromatic N) is 1. The third-order valence-electron chi connectivity index (χ3n) is 4.91. The maximum absolute atomic E-state index is 12.3. The van der Waals surface area contributed by atoms with Gasteiger partial charge in [-0.25, -0.2) is 0 Å². The molecule has 2 aliphatic heterocycles. The highest BCUT2D eigenvalue weighted by atomic mass is 35.5. The molecule has 0 atom stereocenters. The van der Waals surface area contributed by atoms with Crippen LogP contribution in [-0.4, -0.2) is 49.1 Å². The first kappa shape index (κ1) is 19.4. The van der Waals surface area contributed by atoms with Crippen molar-refractivity contribution in [1.82, 2.24) is 10.2 Å². The second-order valence-electron chi connectivity index (χ2n) is 6.91. The molecule has 29 heavy (non-hydrogen) atoms. The van der Waals surface area contributed by atoms with E-state index in [9.17, 15) is 9.59 Å². The fraction of sp³-hybridized carbons (Fsp3) is 0.333. The van der Waals surface area contributed by atoms with E-state index in [0.717, 1.165) is 5.56 Å². The summed E-state index contributed by atoms with van der Waals surface area (Å²) >= 11 is 6.22. The highest BCUT2D eigenvalue weighted by Gasteiger charge is 2.25. The molecule has 0 aliphatic carbocycles. The molecule has 2 aromatic rings. The Kier molecular flexibility index (Phi) is 5.76. The summed E-state index contributed by atoms with van der Waals surface area (Å²) < 4.78 is 16.2. The van der Waals surface area contributed by atoms with Gasteiger partial charge in [-0.3, -0.25) is 9.59 Å². The Morgan fingerprint density at radius 1 is 1.17 bits per heavy atom. The zero-order valence-corrected chi connectivity index (χ0v) is 16.5. The SMILES string of the molecule is O=C(/C=C/c1cc(Cl)c2c(c1)OCCO2)NC1CCN(C(=O)c2ccco2)CC1. The Morgan fingerprint density at radius 2 is 1.97 bits per heavy atom. The summed E-state index contributed by atoms with van der Waals surface area (Å²) in [6.45, 7) is 2.09. The van der Waals surface area contributed by atoms with E-state index in [-0.39, 0.29) is 17.9 Å². The number of piperidine rings is 1. The average molecular weight is 417 g/mol. The van der Waals surface area contributed by atoms with Gasteiger partial charge in [0.2, 0.25) is 5.91 Å². The number of hydrogen-bond acceptors (Lipinski definition) is 5. The standard InChI is InChI=1S/C21H21ClN2O5/c22-16-12-14(13-18-20(16)29-11-10-28-18)3-4-19(25)23-15-5-7-24(8-6-15)21(26)17-2-1-9-27-17/h1-4,9,12-13,15H,5-8,10-11H2,(H,23,25)/b4-3+. The first-order valence-electron chi connectivity index (χ1n) is 9.50. The number of benzene rings is 1. The minimum absolute atomic E-state index is 0.0247. The van der Waals surface area contributed by atoms with Crippen molar-refractivity contribution in [2.75, 3.05) is 26.3 Å². The molecule has 8 heteroatoms. The lowest BCUT2D eigenvalue weighted by molar-refractivity contribution is -0.117. The minimum atomic E-state index is -0.188. The van der Waals surface area contributed by atoms with Gasteiger partial charge in [-0.15, -0.1) is 0 Å². The number of furan rings is 1. The van der Waals surface area contributed by atoms with Crippen LogP contribution in [0.5, 0.6) is 11.5 Å². The van der Waals surface area contributed by atoms with E-state index in [2.05, 4.69) is 5.32 Å². The number of carbonyl (C=O) groups excluding carboxylic acids is 2. The Balaban J connectivity index is 1.29. The maximum Gasteiger partial charge on any atom is 0.289 e. The van der Waals surface area contributed by atoms with E-state index in [4.69, 9.17) is 25.5 Å². The van der Waals surface area contributed by atoms with Gasteiger partial charge in [-0.1, -0.05) is 11.6 Å². The van der Waals surface area contributed by atoms with E-state index in [1.807, 2.05) is 0 Å². The summed E-state index contributed by atoms with van der Waals surface area (Å²) in [5.41, 5.74) is 0.758. The molecule has 2 aliphatic rings. The van der Waals surface area contributed by atoms with E-state index in [0.29, 0.717) is 61.4 Å². The molecule has 1 fully saturated rings. The predicted molar refractivity (Wildman–Crippen MR) is 107 cm³/mol. The van der Waals surface area contributed by atoms with Gasteiger partial charge in [-0.2, -0.15) is 0 Å². The van der Waals surface area contributed by atoms with Crippen LogP contribution in [0.1, 0.15) is 29.0 Å². The van der Waals surface area contributed by atoms with Gasteiger partial charge in [0.05, 0.1) is 11.3 Å². The van der Waals surface area contributed by atoms with Crippen LogP contribution in [-0.2, 0) is 4.79 Å². The van der Waals surface area contributed by atoms with Gasteiger partial charge in [-0.05, 0) is 48.7 Å². The normalized spacial score (nSPS) is 16.8. The summed E-state index contributed by atoms with van der Waals surface area (Å²) in [5.74, 6) is 1.16. The van der Waals surface area contributed by atoms with Crippen molar-refractivity contribution in [3.05, 3.63) is 53.0 Å². The van der Waals surface area contributed by atoms with Crippen molar-refractivity contribution < 1.29 is 23.5 Å². The molecule has 0 bridgehead atoms. The molecule has 1 aromatic carbocycles. The fourth-order valence-corrected chi connectivity index (χ4v) is 3.70. The third kappa shape index (κ3) is 4.56. The van der Waals surface area contributed by atoms with Crippen LogP contribution < -0.4 is 14.8 Å². The van der Waals surface area contributed by atoms with Crippen LogP contribution >= 0.6 is 11.6 Å². The van der Waals surface area contributed by atoms with Gasteiger partial charge in [0.1, 0.15) is 13.2 Å². The van der Waals surface area contributed by atoms with Gasteiger partial charge < -0.3 is 24.1 Å². The van der Waals surface area contributed by atoms with E-state index in [1.165, 1.54) is 12.3 Å². The Morgan fingerprint density at radius 3 is 2.72 bits per heavy atom. The number of carbonyl (C=O) groups is 2. The minimum Gasteiger partial charge on any atom is -0.486 e. The number of fused-ring (bicyclic) bond motifs is 1. The lowest BCUT2D eigenvalue weighted by Gasteiger charge is -2.31. The third-order valence-corrected chi connectivity index (χ3v) is 5.19. The van der Waals surface area contributed by atoms with Crippen LogP contribution in [0.2, 0.25) is 5.02 Å². The molecule has 0 spiro atoms. The quantitative estimate of drug-likeness (QED) is 0.774. The Labute approximate surface area is 173 Å². The highest BCUT2D eigenvalue weighted by molar-refractivity contribution is 6.32. The number of hydrogen-bond donors (Lipinski definition) is 1. The van der Waals surface area contributed by atoms with Crippen LogP contribution in [0.25, 0.3) is 6.08 Å². The molecule has 1 saturated heterocycles. The van der Waals surface area contributed by atoms with E-state index < -0.39 is 0 Å². The number of nitrogens with one attached hydrogen (secondary N) is 1. The van der Waals surface area contributed by atoms with Crippen LogP contribution in [0, 0.1) is 0 Å². The molecule has 0 saturated carbocycles. The number of halogens is 1. The summed E-state index contributed by atoms with van der Waals surface area (Å²) in [5, 5.41) is 3.44. The monoisotopic (exact) mass is 416 g/mol. The number of amides is 2. The smallest absolute Gasteiger partial charge is 0.289 e. The molecule has 1 N–H and O–H groups in total. The maximum atomic E-state index is 12.3. The number of rotatable bonds is 4. The summed E-state index contributed by atoms with van der Waals surface area (Å²) in [6.07, 6.45) is 6.04. The van der Waals surface area contributed by atoms with Crippen molar-refractivity contribution in [3.8, 4) is 11.5 Å². The van der Waals surface area contributed by atoms with Crippen molar-refractivity contribution >= 4 is 29.5 Å².